The Hall–Kier alpha value is -2.38. The van der Waals surface area contributed by atoms with Crippen LogP contribution >= 0.6 is 11.8 Å². The Morgan fingerprint density at radius 1 is 1.04 bits per heavy atom. The zero-order valence-corrected chi connectivity index (χ0v) is 15.1. The molecular weight excluding hydrogens is 356 g/mol. The van der Waals surface area contributed by atoms with Gasteiger partial charge in [-0.3, -0.25) is 0 Å². The Morgan fingerprint density at radius 3 is 2.44 bits per heavy atom. The van der Waals surface area contributed by atoms with E-state index in [1.54, 1.807) is 12.1 Å². The summed E-state index contributed by atoms with van der Waals surface area (Å²) in [7, 11) is -3.21. The lowest BCUT2D eigenvalue weighted by Gasteiger charge is -1.98. The molecule has 0 aliphatic heterocycles. The van der Waals surface area contributed by atoms with E-state index in [-0.39, 0.29) is 4.90 Å². The molecule has 0 aliphatic carbocycles. The second-order valence-corrected chi connectivity index (χ2v) is 8.28. The van der Waals surface area contributed by atoms with Crippen LogP contribution in [0.5, 0.6) is 0 Å². The monoisotopic (exact) mass is 372 g/mol. The van der Waals surface area contributed by atoms with E-state index in [0.717, 1.165) is 5.56 Å². The second kappa shape index (κ2) is 7.67. The summed E-state index contributed by atoms with van der Waals surface area (Å²) < 4.78 is 28.6. The number of hydrogen-bond acceptors (Lipinski definition) is 6. The molecule has 0 atom stereocenters. The van der Waals surface area contributed by atoms with E-state index in [1.807, 2.05) is 42.5 Å². The number of benzene rings is 2. The highest BCUT2D eigenvalue weighted by Crippen LogP contribution is 2.24. The first kappa shape index (κ1) is 17.4. The highest BCUT2D eigenvalue weighted by Gasteiger charge is 2.11. The Kier molecular flexibility index (Phi) is 5.35. The first-order valence-electron chi connectivity index (χ1n) is 7.51. The molecule has 1 aromatic heterocycles. The molecule has 0 radical (unpaired) electrons. The second-order valence-electron chi connectivity index (χ2n) is 5.29. The van der Waals surface area contributed by atoms with Crippen molar-refractivity contribution in [2.75, 3.05) is 12.0 Å². The van der Waals surface area contributed by atoms with Gasteiger partial charge in [-0.2, -0.15) is 0 Å². The van der Waals surface area contributed by atoms with Crippen LogP contribution in [-0.2, 0) is 9.84 Å². The summed E-state index contributed by atoms with van der Waals surface area (Å²) in [5.74, 6) is 1.08. The largest absolute Gasteiger partial charge is 0.411 e. The van der Waals surface area contributed by atoms with Crippen LogP contribution in [0.1, 0.15) is 5.56 Å². The highest BCUT2D eigenvalue weighted by molar-refractivity contribution is 7.99. The van der Waals surface area contributed by atoms with Gasteiger partial charge in [0.15, 0.2) is 9.84 Å². The van der Waals surface area contributed by atoms with Crippen LogP contribution in [0.2, 0.25) is 0 Å². The maximum absolute atomic E-state index is 11.5. The predicted octanol–water partition coefficient (Wildman–Crippen LogP) is 3.95. The fourth-order valence-corrected chi connectivity index (χ4v) is 3.30. The van der Waals surface area contributed by atoms with Gasteiger partial charge in [0.25, 0.3) is 5.22 Å². The maximum Gasteiger partial charge on any atom is 0.277 e. The Balaban J connectivity index is 1.61. The lowest BCUT2D eigenvalue weighted by molar-refractivity contribution is 0.466. The number of sulfone groups is 1. The van der Waals surface area contributed by atoms with E-state index in [0.29, 0.717) is 22.4 Å². The number of nitrogens with zero attached hydrogens (tertiary/aromatic N) is 2. The zero-order chi connectivity index (χ0) is 17.7. The third kappa shape index (κ3) is 4.80. The minimum absolute atomic E-state index is 0.261. The van der Waals surface area contributed by atoms with Crippen molar-refractivity contribution in [3.63, 3.8) is 0 Å². The summed E-state index contributed by atoms with van der Waals surface area (Å²) in [4.78, 5) is 0.261. The van der Waals surface area contributed by atoms with Gasteiger partial charge in [0.05, 0.1) is 4.90 Å². The standard InChI is InChI=1S/C18H16N2O3S2/c1-25(21,22)16-11-9-15(10-12-16)17-19-20-18(23-17)24-13-5-8-14-6-3-2-4-7-14/h2-12H,13H2,1H3. The van der Waals surface area contributed by atoms with Crippen molar-refractivity contribution in [3.8, 4) is 11.5 Å². The molecular formula is C18H16N2O3S2. The van der Waals surface area contributed by atoms with E-state index in [1.165, 1.54) is 30.2 Å². The van der Waals surface area contributed by atoms with Gasteiger partial charge >= 0.3 is 0 Å². The van der Waals surface area contributed by atoms with Gasteiger partial charge in [0.1, 0.15) is 0 Å². The van der Waals surface area contributed by atoms with Crippen LogP contribution in [0.4, 0.5) is 0 Å². The van der Waals surface area contributed by atoms with E-state index >= 15 is 0 Å². The van der Waals surface area contributed by atoms with E-state index in [9.17, 15) is 8.42 Å². The number of aromatic nitrogens is 2. The quantitative estimate of drug-likeness (QED) is 0.610. The Bertz CT molecular complexity index is 963. The lowest BCUT2D eigenvalue weighted by atomic mass is 10.2. The van der Waals surface area contributed by atoms with Crippen molar-refractivity contribution < 1.29 is 12.8 Å². The average Bonchev–Trinajstić information content (AvgIpc) is 3.08. The molecule has 0 aliphatic rings. The third-order valence-electron chi connectivity index (χ3n) is 3.35. The van der Waals surface area contributed by atoms with Crippen molar-refractivity contribution in [1.29, 1.82) is 0 Å². The van der Waals surface area contributed by atoms with Crippen LogP contribution in [0.15, 0.2) is 75.2 Å². The topological polar surface area (TPSA) is 73.1 Å². The van der Waals surface area contributed by atoms with Crippen molar-refractivity contribution in [1.82, 2.24) is 10.2 Å². The normalized spacial score (nSPS) is 11.9. The van der Waals surface area contributed by atoms with E-state index < -0.39 is 9.84 Å². The Morgan fingerprint density at radius 2 is 1.76 bits per heavy atom. The summed E-state index contributed by atoms with van der Waals surface area (Å²) in [6, 6.07) is 16.4. The predicted molar refractivity (Wildman–Crippen MR) is 99.0 cm³/mol. The molecule has 0 amide bonds. The summed E-state index contributed by atoms with van der Waals surface area (Å²) in [6.07, 6.45) is 5.24. The molecule has 0 spiro atoms. The molecule has 2 aromatic carbocycles. The molecule has 25 heavy (non-hydrogen) atoms. The van der Waals surface area contributed by atoms with Gasteiger partial charge in [-0.15, -0.1) is 10.2 Å². The van der Waals surface area contributed by atoms with Crippen molar-refractivity contribution in [3.05, 3.63) is 66.2 Å². The minimum atomic E-state index is -3.21. The average molecular weight is 372 g/mol. The van der Waals surface area contributed by atoms with Gasteiger partial charge in [0.2, 0.25) is 5.89 Å². The van der Waals surface area contributed by atoms with Crippen LogP contribution in [0.25, 0.3) is 17.5 Å². The van der Waals surface area contributed by atoms with E-state index in [4.69, 9.17) is 4.42 Å². The molecule has 128 valence electrons. The summed E-state index contributed by atoms with van der Waals surface area (Å²) in [6.45, 7) is 0. The van der Waals surface area contributed by atoms with Crippen LogP contribution in [-0.4, -0.2) is 30.6 Å². The SMILES string of the molecule is CS(=O)(=O)c1ccc(-c2nnc(SCC=Cc3ccccc3)o2)cc1. The summed E-state index contributed by atoms with van der Waals surface area (Å²) in [5.41, 5.74) is 1.83. The third-order valence-corrected chi connectivity index (χ3v) is 5.25. The number of rotatable bonds is 6. The van der Waals surface area contributed by atoms with Crippen molar-refractivity contribution in [2.45, 2.75) is 10.1 Å². The molecule has 0 bridgehead atoms. The summed E-state index contributed by atoms with van der Waals surface area (Å²) >= 11 is 1.44. The fourth-order valence-electron chi connectivity index (χ4n) is 2.10. The molecule has 0 saturated carbocycles. The molecule has 0 saturated heterocycles. The molecule has 5 nitrogen and oxygen atoms in total. The first-order chi connectivity index (χ1) is 12.0. The molecule has 0 fully saturated rings. The zero-order valence-electron chi connectivity index (χ0n) is 13.5. The molecule has 3 rings (SSSR count). The van der Waals surface area contributed by atoms with Gasteiger partial charge in [-0.1, -0.05) is 54.2 Å². The van der Waals surface area contributed by atoms with Crippen molar-refractivity contribution >= 4 is 27.7 Å². The lowest BCUT2D eigenvalue weighted by Crippen LogP contribution is -1.96. The molecule has 1 heterocycles. The van der Waals surface area contributed by atoms with Gasteiger partial charge in [-0.05, 0) is 29.8 Å². The smallest absolute Gasteiger partial charge is 0.277 e. The van der Waals surface area contributed by atoms with Crippen LogP contribution in [0.3, 0.4) is 0 Å². The molecule has 0 N–H and O–H groups in total. The summed E-state index contributed by atoms with van der Waals surface area (Å²) in [5, 5.41) is 8.48. The number of hydrogen-bond donors (Lipinski definition) is 0. The van der Waals surface area contributed by atoms with Gasteiger partial charge in [-0.25, -0.2) is 8.42 Å². The van der Waals surface area contributed by atoms with Gasteiger partial charge < -0.3 is 4.42 Å². The van der Waals surface area contributed by atoms with Gasteiger partial charge in [0, 0.05) is 17.6 Å². The number of thioether (sulfide) groups is 1. The highest BCUT2D eigenvalue weighted by atomic mass is 32.2. The van der Waals surface area contributed by atoms with E-state index in [2.05, 4.69) is 10.2 Å². The molecule has 3 aromatic rings. The first-order valence-corrected chi connectivity index (χ1v) is 10.4. The fraction of sp³-hybridized carbons (Fsp3) is 0.111. The Labute approximate surface area is 150 Å². The molecule has 0 unspecified atom stereocenters. The van der Waals surface area contributed by atoms with Crippen LogP contribution in [0, 0.1) is 0 Å². The maximum atomic E-state index is 11.5. The molecule has 7 heteroatoms. The minimum Gasteiger partial charge on any atom is -0.411 e. The van der Waals surface area contributed by atoms with Crippen molar-refractivity contribution in [2.24, 2.45) is 0 Å². The van der Waals surface area contributed by atoms with Crippen LogP contribution < -0.4 is 0 Å².